The van der Waals surface area contributed by atoms with Gasteiger partial charge in [0.25, 0.3) is 0 Å². The Morgan fingerprint density at radius 2 is 1.20 bits per heavy atom. The van der Waals surface area contributed by atoms with E-state index >= 15 is 0 Å². The summed E-state index contributed by atoms with van der Waals surface area (Å²) >= 11 is 0. The number of halogens is 2. The van der Waals surface area contributed by atoms with E-state index in [0.717, 1.165) is 0 Å². The van der Waals surface area contributed by atoms with Crippen molar-refractivity contribution in [1.29, 1.82) is 5.26 Å². The number of hydrogen-bond donors (Lipinski definition) is 0. The van der Waals surface area contributed by atoms with Crippen LogP contribution in [-0.2, 0) is 5.41 Å². The van der Waals surface area contributed by atoms with Crippen LogP contribution in [0.1, 0.15) is 25.0 Å². The third-order valence-electron chi connectivity index (χ3n) is 3.64. The Labute approximate surface area is 117 Å². The third kappa shape index (κ3) is 2.30. The second kappa shape index (κ2) is 5.42. The molecule has 0 aliphatic rings. The van der Waals surface area contributed by atoms with E-state index < -0.39 is 5.41 Å². The average molecular weight is 271 g/mol. The lowest BCUT2D eigenvalue weighted by Crippen LogP contribution is -2.32. The van der Waals surface area contributed by atoms with Gasteiger partial charge in [0.15, 0.2) is 0 Å². The number of nitrogens with zero attached hydrogens (tertiary/aromatic N) is 1. The maximum absolute atomic E-state index is 13.1. The van der Waals surface area contributed by atoms with Gasteiger partial charge < -0.3 is 0 Å². The SMILES string of the molecule is CC(C)C(C#N)(c1ccc(F)cc1)c1ccc(F)cc1. The molecular formula is C17H15F2N. The summed E-state index contributed by atoms with van der Waals surface area (Å²) in [5.41, 5.74) is 0.507. The Morgan fingerprint density at radius 3 is 1.45 bits per heavy atom. The molecule has 20 heavy (non-hydrogen) atoms. The Balaban J connectivity index is 2.65. The highest BCUT2D eigenvalue weighted by Gasteiger charge is 2.38. The zero-order valence-corrected chi connectivity index (χ0v) is 11.4. The summed E-state index contributed by atoms with van der Waals surface area (Å²) in [6, 6.07) is 14.2. The van der Waals surface area contributed by atoms with E-state index in [9.17, 15) is 14.0 Å². The fourth-order valence-electron chi connectivity index (χ4n) is 2.52. The summed E-state index contributed by atoms with van der Waals surface area (Å²) in [5.74, 6) is -0.727. The molecule has 2 rings (SSSR count). The van der Waals surface area contributed by atoms with Crippen LogP contribution >= 0.6 is 0 Å². The van der Waals surface area contributed by atoms with Gasteiger partial charge >= 0.3 is 0 Å². The van der Waals surface area contributed by atoms with Gasteiger partial charge in [0.05, 0.1) is 6.07 Å². The molecule has 0 aromatic heterocycles. The van der Waals surface area contributed by atoms with E-state index in [0.29, 0.717) is 11.1 Å². The largest absolute Gasteiger partial charge is 0.207 e. The van der Waals surface area contributed by atoms with Crippen molar-refractivity contribution in [3.8, 4) is 6.07 Å². The molecule has 3 heteroatoms. The summed E-state index contributed by atoms with van der Waals surface area (Å²) < 4.78 is 26.2. The first-order chi connectivity index (χ1) is 9.50. The zero-order chi connectivity index (χ0) is 14.8. The predicted molar refractivity (Wildman–Crippen MR) is 74.0 cm³/mol. The normalized spacial score (nSPS) is 11.4. The molecule has 1 nitrogen and oxygen atoms in total. The first kappa shape index (κ1) is 14.2. The van der Waals surface area contributed by atoms with E-state index in [1.165, 1.54) is 24.3 Å². The van der Waals surface area contributed by atoms with Crippen LogP contribution in [0.5, 0.6) is 0 Å². The van der Waals surface area contributed by atoms with Gasteiger partial charge in [-0.2, -0.15) is 5.26 Å². The van der Waals surface area contributed by atoms with Crippen molar-refractivity contribution >= 4 is 0 Å². The molecule has 0 aliphatic carbocycles. The van der Waals surface area contributed by atoms with E-state index in [-0.39, 0.29) is 17.6 Å². The summed E-state index contributed by atoms with van der Waals surface area (Å²) in [5, 5.41) is 9.75. The molecule has 0 spiro atoms. The van der Waals surface area contributed by atoms with Gasteiger partial charge in [0.2, 0.25) is 0 Å². The zero-order valence-electron chi connectivity index (χ0n) is 11.4. The highest BCUT2D eigenvalue weighted by molar-refractivity contribution is 5.46. The highest BCUT2D eigenvalue weighted by Crippen LogP contribution is 2.38. The predicted octanol–water partition coefficient (Wildman–Crippen LogP) is 4.43. The lowest BCUT2D eigenvalue weighted by atomic mass is 9.68. The van der Waals surface area contributed by atoms with Gasteiger partial charge in [-0.1, -0.05) is 38.1 Å². The minimum absolute atomic E-state index is 0.0385. The maximum atomic E-state index is 13.1. The van der Waals surface area contributed by atoms with E-state index in [2.05, 4.69) is 6.07 Å². The van der Waals surface area contributed by atoms with Gasteiger partial charge in [-0.3, -0.25) is 0 Å². The first-order valence-electron chi connectivity index (χ1n) is 6.44. The molecule has 0 saturated carbocycles. The van der Waals surface area contributed by atoms with Crippen molar-refractivity contribution in [1.82, 2.24) is 0 Å². The Bertz CT molecular complexity index is 576. The van der Waals surface area contributed by atoms with E-state index in [1.54, 1.807) is 24.3 Å². The van der Waals surface area contributed by atoms with E-state index in [1.807, 2.05) is 13.8 Å². The standard InChI is InChI=1S/C17H15F2N/c1-12(2)17(11-20,13-3-7-15(18)8-4-13)14-5-9-16(19)10-6-14/h3-10,12H,1-2H3. The minimum atomic E-state index is -0.915. The maximum Gasteiger partial charge on any atom is 0.123 e. The monoisotopic (exact) mass is 271 g/mol. The van der Waals surface area contributed by atoms with Crippen LogP contribution in [0.3, 0.4) is 0 Å². The number of nitriles is 1. The lowest BCUT2D eigenvalue weighted by Gasteiger charge is -2.32. The molecule has 2 aromatic rings. The van der Waals surface area contributed by atoms with Gasteiger partial charge in [-0.05, 0) is 41.3 Å². The van der Waals surface area contributed by atoms with Crippen LogP contribution < -0.4 is 0 Å². The van der Waals surface area contributed by atoms with Crippen molar-refractivity contribution in [2.45, 2.75) is 19.3 Å². The number of benzene rings is 2. The lowest BCUT2D eigenvalue weighted by molar-refractivity contribution is 0.461. The molecule has 0 heterocycles. The van der Waals surface area contributed by atoms with Crippen LogP contribution in [-0.4, -0.2) is 0 Å². The van der Waals surface area contributed by atoms with Gasteiger partial charge in [0.1, 0.15) is 17.0 Å². The average Bonchev–Trinajstić information content (AvgIpc) is 2.43. The Hall–Kier alpha value is -2.21. The second-order valence-corrected chi connectivity index (χ2v) is 5.09. The van der Waals surface area contributed by atoms with Gasteiger partial charge in [-0.15, -0.1) is 0 Å². The fraction of sp³-hybridized carbons (Fsp3) is 0.235. The smallest absolute Gasteiger partial charge is 0.123 e. The van der Waals surface area contributed by atoms with Gasteiger partial charge in [0, 0.05) is 0 Å². The molecule has 0 atom stereocenters. The fourth-order valence-corrected chi connectivity index (χ4v) is 2.52. The molecule has 2 aromatic carbocycles. The molecule has 0 saturated heterocycles. The van der Waals surface area contributed by atoms with Gasteiger partial charge in [-0.25, -0.2) is 8.78 Å². The molecule has 0 fully saturated rings. The molecule has 102 valence electrons. The highest BCUT2D eigenvalue weighted by atomic mass is 19.1. The van der Waals surface area contributed by atoms with E-state index in [4.69, 9.17) is 0 Å². The van der Waals surface area contributed by atoms with Crippen LogP contribution in [0.15, 0.2) is 48.5 Å². The summed E-state index contributed by atoms with van der Waals surface area (Å²) in [6.45, 7) is 3.85. The number of rotatable bonds is 3. The Morgan fingerprint density at radius 1 is 0.850 bits per heavy atom. The summed E-state index contributed by atoms with van der Waals surface area (Å²) in [6.07, 6.45) is 0. The van der Waals surface area contributed by atoms with Crippen molar-refractivity contribution < 1.29 is 8.78 Å². The molecule has 0 amide bonds. The first-order valence-corrected chi connectivity index (χ1v) is 6.44. The van der Waals surface area contributed by atoms with Crippen molar-refractivity contribution in [2.24, 2.45) is 5.92 Å². The van der Waals surface area contributed by atoms with Crippen molar-refractivity contribution in [2.75, 3.05) is 0 Å². The Kier molecular flexibility index (Phi) is 3.85. The minimum Gasteiger partial charge on any atom is -0.207 e. The molecule has 0 bridgehead atoms. The summed E-state index contributed by atoms with van der Waals surface area (Å²) in [4.78, 5) is 0. The molecule has 0 unspecified atom stereocenters. The van der Waals surface area contributed by atoms with Crippen LogP contribution in [0.2, 0.25) is 0 Å². The number of hydrogen-bond acceptors (Lipinski definition) is 1. The van der Waals surface area contributed by atoms with Crippen molar-refractivity contribution in [3.63, 3.8) is 0 Å². The molecular weight excluding hydrogens is 256 g/mol. The third-order valence-corrected chi connectivity index (χ3v) is 3.64. The van der Waals surface area contributed by atoms with Crippen LogP contribution in [0, 0.1) is 28.9 Å². The topological polar surface area (TPSA) is 23.8 Å². The molecule has 0 radical (unpaired) electrons. The molecule has 0 aliphatic heterocycles. The van der Waals surface area contributed by atoms with Crippen molar-refractivity contribution in [3.05, 3.63) is 71.3 Å². The second-order valence-electron chi connectivity index (χ2n) is 5.09. The van der Waals surface area contributed by atoms with Crippen LogP contribution in [0.4, 0.5) is 8.78 Å². The quantitative estimate of drug-likeness (QED) is 0.810. The molecule has 0 N–H and O–H groups in total. The summed E-state index contributed by atoms with van der Waals surface area (Å²) in [7, 11) is 0. The van der Waals surface area contributed by atoms with Crippen LogP contribution in [0.25, 0.3) is 0 Å².